The van der Waals surface area contributed by atoms with Crippen molar-refractivity contribution in [1.82, 2.24) is 19.8 Å². The van der Waals surface area contributed by atoms with Crippen molar-refractivity contribution in [2.45, 2.75) is 32.8 Å². The summed E-state index contributed by atoms with van der Waals surface area (Å²) in [7, 11) is 0. The molecule has 1 atom stereocenters. The van der Waals surface area contributed by atoms with E-state index in [0.29, 0.717) is 19.7 Å². The van der Waals surface area contributed by atoms with Gasteiger partial charge in [0.05, 0.1) is 13.2 Å². The van der Waals surface area contributed by atoms with Crippen molar-refractivity contribution in [2.24, 2.45) is 0 Å². The highest BCUT2D eigenvalue weighted by Gasteiger charge is 2.27. The predicted molar refractivity (Wildman–Crippen MR) is 82.5 cm³/mol. The highest BCUT2D eigenvalue weighted by Crippen LogP contribution is 2.20. The quantitative estimate of drug-likeness (QED) is 0.836. The topological polar surface area (TPSA) is 58.6 Å². The summed E-state index contributed by atoms with van der Waals surface area (Å²) in [5, 5.41) is 0. The van der Waals surface area contributed by atoms with Gasteiger partial charge < -0.3 is 9.64 Å². The molecule has 2 fully saturated rings. The van der Waals surface area contributed by atoms with Crippen molar-refractivity contribution in [2.75, 3.05) is 39.3 Å². The van der Waals surface area contributed by atoms with E-state index in [9.17, 15) is 4.79 Å². The fraction of sp³-hybridized carbons (Fsp3) is 0.688. The van der Waals surface area contributed by atoms with E-state index in [4.69, 9.17) is 4.74 Å². The molecule has 0 aromatic carbocycles. The molecule has 0 radical (unpaired) electrons. The van der Waals surface area contributed by atoms with Crippen LogP contribution < -0.4 is 0 Å². The second kappa shape index (κ2) is 6.71. The van der Waals surface area contributed by atoms with Crippen molar-refractivity contribution in [1.29, 1.82) is 0 Å². The number of hydrogen-bond donors (Lipinski definition) is 0. The van der Waals surface area contributed by atoms with E-state index in [0.717, 1.165) is 49.7 Å². The molecule has 1 aromatic rings. The summed E-state index contributed by atoms with van der Waals surface area (Å²) in [6, 6.07) is 1.96. The average Bonchev–Trinajstić information content (AvgIpc) is 3.01. The lowest BCUT2D eigenvalue weighted by molar-refractivity contribution is -0.133. The first-order valence-corrected chi connectivity index (χ1v) is 8.06. The van der Waals surface area contributed by atoms with E-state index in [2.05, 4.69) is 14.9 Å². The Bertz CT molecular complexity index is 523. The molecule has 22 heavy (non-hydrogen) atoms. The van der Waals surface area contributed by atoms with E-state index in [-0.39, 0.29) is 12.0 Å². The monoisotopic (exact) mass is 304 g/mol. The molecule has 6 heteroatoms. The van der Waals surface area contributed by atoms with Gasteiger partial charge in [-0.1, -0.05) is 0 Å². The van der Waals surface area contributed by atoms with Crippen molar-refractivity contribution in [3.05, 3.63) is 23.3 Å². The maximum atomic E-state index is 12.3. The molecule has 3 rings (SSSR count). The lowest BCUT2D eigenvalue weighted by Crippen LogP contribution is -2.45. The second-order valence-corrected chi connectivity index (χ2v) is 6.19. The standard InChI is InChI=1S/C16H24N4O2/c1-12-9-13(2)18-16(17-12)14-10-19(7-8-22-14)11-15(21)20-5-3-4-6-20/h9,14H,3-8,10-11H2,1-2H3. The molecule has 0 saturated carbocycles. The van der Waals surface area contributed by atoms with Crippen molar-refractivity contribution >= 4 is 5.91 Å². The molecule has 0 spiro atoms. The van der Waals surface area contributed by atoms with Crippen LogP contribution in [0.25, 0.3) is 0 Å². The Labute approximate surface area is 131 Å². The third-order valence-electron chi connectivity index (χ3n) is 4.26. The molecule has 0 N–H and O–H groups in total. The third kappa shape index (κ3) is 3.62. The number of carbonyl (C=O) groups excluding carboxylic acids is 1. The summed E-state index contributed by atoms with van der Waals surface area (Å²) in [6.07, 6.45) is 2.13. The molecule has 1 unspecified atom stereocenters. The Balaban J connectivity index is 1.62. The summed E-state index contributed by atoms with van der Waals surface area (Å²) in [6.45, 7) is 8.33. The maximum Gasteiger partial charge on any atom is 0.236 e. The molecule has 0 aliphatic carbocycles. The molecule has 2 aliphatic rings. The van der Waals surface area contributed by atoms with Crippen LogP contribution >= 0.6 is 0 Å². The molecule has 0 bridgehead atoms. The van der Waals surface area contributed by atoms with E-state index < -0.39 is 0 Å². The normalized spacial score (nSPS) is 23.0. The number of rotatable bonds is 3. The molecule has 3 heterocycles. The van der Waals surface area contributed by atoms with Crippen molar-refractivity contribution in [3.8, 4) is 0 Å². The van der Waals surface area contributed by atoms with Gasteiger partial charge in [-0.2, -0.15) is 0 Å². The zero-order chi connectivity index (χ0) is 15.5. The highest BCUT2D eigenvalue weighted by atomic mass is 16.5. The first kappa shape index (κ1) is 15.4. The van der Waals surface area contributed by atoms with E-state index in [1.54, 1.807) is 0 Å². The fourth-order valence-corrected chi connectivity index (χ4v) is 3.16. The van der Waals surface area contributed by atoms with Crippen LogP contribution in [-0.4, -0.2) is 65.0 Å². The minimum Gasteiger partial charge on any atom is -0.368 e. The number of morpholine rings is 1. The number of aromatic nitrogens is 2. The largest absolute Gasteiger partial charge is 0.368 e. The third-order valence-corrected chi connectivity index (χ3v) is 4.26. The van der Waals surface area contributed by atoms with Gasteiger partial charge in [0, 0.05) is 37.6 Å². The van der Waals surface area contributed by atoms with Crippen LogP contribution in [0.4, 0.5) is 0 Å². The van der Waals surface area contributed by atoms with Crippen LogP contribution in [0.1, 0.15) is 36.2 Å². The van der Waals surface area contributed by atoms with Crippen LogP contribution in [-0.2, 0) is 9.53 Å². The van der Waals surface area contributed by atoms with Crippen LogP contribution in [0, 0.1) is 13.8 Å². The Morgan fingerprint density at radius 2 is 1.91 bits per heavy atom. The Kier molecular flexibility index (Phi) is 4.69. The minimum absolute atomic E-state index is 0.140. The number of carbonyl (C=O) groups is 1. The first-order chi connectivity index (χ1) is 10.6. The molecule has 1 amide bonds. The van der Waals surface area contributed by atoms with Gasteiger partial charge in [0.1, 0.15) is 6.10 Å². The highest BCUT2D eigenvalue weighted by molar-refractivity contribution is 5.78. The average molecular weight is 304 g/mol. The van der Waals surface area contributed by atoms with Crippen LogP contribution in [0.5, 0.6) is 0 Å². The van der Waals surface area contributed by atoms with Gasteiger partial charge in [-0.15, -0.1) is 0 Å². The summed E-state index contributed by atoms with van der Waals surface area (Å²) in [5.41, 5.74) is 1.91. The van der Waals surface area contributed by atoms with E-state index >= 15 is 0 Å². The molecule has 2 aliphatic heterocycles. The summed E-state index contributed by atoms with van der Waals surface area (Å²) < 4.78 is 5.82. The Hall–Kier alpha value is -1.53. The lowest BCUT2D eigenvalue weighted by Gasteiger charge is -2.32. The van der Waals surface area contributed by atoms with Gasteiger partial charge in [-0.3, -0.25) is 9.69 Å². The number of nitrogens with zero attached hydrogens (tertiary/aromatic N) is 4. The molecule has 6 nitrogen and oxygen atoms in total. The smallest absolute Gasteiger partial charge is 0.236 e. The van der Waals surface area contributed by atoms with Crippen LogP contribution in [0.2, 0.25) is 0 Å². The van der Waals surface area contributed by atoms with Gasteiger partial charge in [0.15, 0.2) is 5.82 Å². The van der Waals surface area contributed by atoms with Gasteiger partial charge in [-0.25, -0.2) is 9.97 Å². The number of hydrogen-bond acceptors (Lipinski definition) is 5. The predicted octanol–water partition coefficient (Wildman–Crippen LogP) is 1.09. The zero-order valence-corrected chi connectivity index (χ0v) is 13.4. The number of amides is 1. The molecular formula is C16H24N4O2. The second-order valence-electron chi connectivity index (χ2n) is 6.19. The minimum atomic E-state index is -0.140. The van der Waals surface area contributed by atoms with Gasteiger partial charge >= 0.3 is 0 Å². The number of aryl methyl sites for hydroxylation is 2. The summed E-state index contributed by atoms with van der Waals surface area (Å²) in [5.74, 6) is 0.968. The van der Waals surface area contributed by atoms with Crippen molar-refractivity contribution < 1.29 is 9.53 Å². The fourth-order valence-electron chi connectivity index (χ4n) is 3.16. The molecular weight excluding hydrogens is 280 g/mol. The van der Waals surface area contributed by atoms with Crippen molar-refractivity contribution in [3.63, 3.8) is 0 Å². The van der Waals surface area contributed by atoms with Crippen LogP contribution in [0.15, 0.2) is 6.07 Å². The number of likely N-dealkylation sites (tertiary alicyclic amines) is 1. The van der Waals surface area contributed by atoms with Gasteiger partial charge in [0.25, 0.3) is 0 Å². The summed E-state index contributed by atoms with van der Waals surface area (Å²) in [4.78, 5) is 25.4. The number of ether oxygens (including phenoxy) is 1. The van der Waals surface area contributed by atoms with Crippen LogP contribution in [0.3, 0.4) is 0 Å². The molecule has 120 valence electrons. The summed E-state index contributed by atoms with van der Waals surface area (Å²) >= 11 is 0. The SMILES string of the molecule is Cc1cc(C)nc(C2CN(CC(=O)N3CCCC3)CCO2)n1. The van der Waals surface area contributed by atoms with E-state index in [1.807, 2.05) is 24.8 Å². The zero-order valence-electron chi connectivity index (χ0n) is 13.4. The molecule has 1 aromatic heterocycles. The molecule has 2 saturated heterocycles. The lowest BCUT2D eigenvalue weighted by atomic mass is 10.2. The van der Waals surface area contributed by atoms with Gasteiger partial charge in [0.2, 0.25) is 5.91 Å². The Morgan fingerprint density at radius 3 is 2.59 bits per heavy atom. The maximum absolute atomic E-state index is 12.3. The Morgan fingerprint density at radius 1 is 1.23 bits per heavy atom. The van der Waals surface area contributed by atoms with E-state index in [1.165, 1.54) is 0 Å². The van der Waals surface area contributed by atoms with Gasteiger partial charge in [-0.05, 0) is 32.8 Å². The first-order valence-electron chi connectivity index (χ1n) is 8.06.